The number of benzene rings is 1. The number of hydrogen-bond donors (Lipinski definition) is 0. The second kappa shape index (κ2) is 4.21. The standard InChI is InChI=1S/C11H8N2S.ClH/c1-2-4-10-9(3-1)12-7-8-5-6-14-11(8)13-10;/h1-5,7H,6H2;1H. The molecule has 2 nitrogen and oxygen atoms in total. The molecule has 76 valence electrons. The number of fused-ring (bicyclic) bond motifs is 2. The van der Waals surface area contributed by atoms with Crippen LogP contribution in [0.25, 0.3) is 0 Å². The molecule has 0 fully saturated rings. The van der Waals surface area contributed by atoms with Crippen LogP contribution in [0.5, 0.6) is 0 Å². The second-order valence-corrected chi connectivity index (χ2v) is 4.14. The third kappa shape index (κ3) is 1.85. The van der Waals surface area contributed by atoms with Crippen LogP contribution in [0.2, 0.25) is 0 Å². The lowest BCUT2D eigenvalue weighted by Crippen LogP contribution is -1.90. The first-order valence-corrected chi connectivity index (χ1v) is 5.47. The summed E-state index contributed by atoms with van der Waals surface area (Å²) in [5.74, 6) is 1.02. The smallest absolute Gasteiger partial charge is 0.106 e. The predicted molar refractivity (Wildman–Crippen MR) is 69.5 cm³/mol. The second-order valence-electron chi connectivity index (χ2n) is 3.13. The molecule has 2 aliphatic heterocycles. The largest absolute Gasteiger partial charge is 0.254 e. The molecule has 0 amide bonds. The topological polar surface area (TPSA) is 24.7 Å². The number of para-hydroxylation sites is 2. The Hall–Kier alpha value is -1.06. The van der Waals surface area contributed by atoms with E-state index in [-0.39, 0.29) is 12.4 Å². The molecule has 3 rings (SSSR count). The van der Waals surface area contributed by atoms with Crippen LogP contribution in [0, 0.1) is 0 Å². The molecule has 0 radical (unpaired) electrons. The summed E-state index contributed by atoms with van der Waals surface area (Å²) in [5.41, 5.74) is 3.08. The molecule has 0 unspecified atom stereocenters. The molecule has 1 aromatic rings. The van der Waals surface area contributed by atoms with Gasteiger partial charge in [-0.3, -0.25) is 4.99 Å². The molecule has 0 saturated carbocycles. The average molecular weight is 237 g/mol. The monoisotopic (exact) mass is 236 g/mol. The van der Waals surface area contributed by atoms with Crippen molar-refractivity contribution in [2.24, 2.45) is 9.98 Å². The maximum Gasteiger partial charge on any atom is 0.106 e. The summed E-state index contributed by atoms with van der Waals surface area (Å²) in [4.78, 5) is 9.00. The molecule has 15 heavy (non-hydrogen) atoms. The van der Waals surface area contributed by atoms with E-state index in [1.165, 1.54) is 0 Å². The van der Waals surface area contributed by atoms with Gasteiger partial charge in [0.2, 0.25) is 0 Å². The van der Waals surface area contributed by atoms with Crippen molar-refractivity contribution < 1.29 is 0 Å². The minimum Gasteiger partial charge on any atom is -0.254 e. The number of rotatable bonds is 0. The van der Waals surface area contributed by atoms with Gasteiger partial charge < -0.3 is 0 Å². The van der Waals surface area contributed by atoms with Crippen LogP contribution in [0.1, 0.15) is 0 Å². The Kier molecular flexibility index (Phi) is 2.93. The first-order chi connectivity index (χ1) is 6.93. The van der Waals surface area contributed by atoms with Gasteiger partial charge in [-0.1, -0.05) is 18.2 Å². The molecule has 1 aromatic carbocycles. The highest BCUT2D eigenvalue weighted by Crippen LogP contribution is 2.33. The molecule has 0 spiro atoms. The van der Waals surface area contributed by atoms with E-state index in [4.69, 9.17) is 0 Å². The van der Waals surface area contributed by atoms with Gasteiger partial charge in [0.15, 0.2) is 0 Å². The summed E-state index contributed by atoms with van der Waals surface area (Å²) in [5, 5.41) is 1.10. The molecule has 0 saturated heterocycles. The van der Waals surface area contributed by atoms with Crippen molar-refractivity contribution in [3.8, 4) is 0 Å². The van der Waals surface area contributed by atoms with Gasteiger partial charge in [-0.15, -0.1) is 24.2 Å². The number of thioether (sulfide) groups is 1. The Morgan fingerprint density at radius 2 is 1.93 bits per heavy atom. The number of hydrogen-bond acceptors (Lipinski definition) is 3. The van der Waals surface area contributed by atoms with Crippen LogP contribution in [-0.4, -0.2) is 17.0 Å². The molecule has 0 aromatic heterocycles. The SMILES string of the molecule is C1=Nc2ccccc2N=C2SCC=C12.Cl. The summed E-state index contributed by atoms with van der Waals surface area (Å²) in [6, 6.07) is 7.97. The first-order valence-electron chi connectivity index (χ1n) is 4.48. The highest BCUT2D eigenvalue weighted by Gasteiger charge is 2.15. The van der Waals surface area contributed by atoms with Crippen LogP contribution in [0.3, 0.4) is 0 Å². The Labute approximate surface area is 98.6 Å². The average Bonchev–Trinajstić information content (AvgIpc) is 2.58. The summed E-state index contributed by atoms with van der Waals surface area (Å²) in [6.07, 6.45) is 4.07. The number of nitrogens with zero attached hydrogens (tertiary/aromatic N) is 2. The van der Waals surface area contributed by atoms with Crippen molar-refractivity contribution in [2.45, 2.75) is 0 Å². The lowest BCUT2D eigenvalue weighted by atomic mass is 10.3. The molecule has 2 aliphatic rings. The fourth-order valence-corrected chi connectivity index (χ4v) is 2.39. The maximum atomic E-state index is 4.59. The molecular formula is C11H9ClN2S. The van der Waals surface area contributed by atoms with E-state index < -0.39 is 0 Å². The van der Waals surface area contributed by atoms with Crippen molar-refractivity contribution in [3.63, 3.8) is 0 Å². The van der Waals surface area contributed by atoms with Crippen molar-refractivity contribution >= 4 is 46.8 Å². The Bertz CT molecular complexity index is 477. The first kappa shape index (κ1) is 10.5. The Balaban J connectivity index is 0.000000853. The van der Waals surface area contributed by atoms with Gasteiger partial charge in [0.05, 0.1) is 11.4 Å². The lowest BCUT2D eigenvalue weighted by molar-refractivity contribution is 1.48. The summed E-state index contributed by atoms with van der Waals surface area (Å²) >= 11 is 1.77. The van der Waals surface area contributed by atoms with E-state index in [1.54, 1.807) is 11.8 Å². The fraction of sp³-hybridized carbons (Fsp3) is 0.0909. The Morgan fingerprint density at radius 3 is 2.80 bits per heavy atom. The van der Waals surface area contributed by atoms with E-state index in [1.807, 2.05) is 30.5 Å². The van der Waals surface area contributed by atoms with Gasteiger partial charge in [0.1, 0.15) is 5.04 Å². The zero-order valence-electron chi connectivity index (χ0n) is 7.88. The van der Waals surface area contributed by atoms with Gasteiger partial charge >= 0.3 is 0 Å². The summed E-state index contributed by atoms with van der Waals surface area (Å²) in [6.45, 7) is 0. The van der Waals surface area contributed by atoms with Crippen LogP contribution in [-0.2, 0) is 0 Å². The van der Waals surface area contributed by atoms with Crippen molar-refractivity contribution in [1.29, 1.82) is 0 Å². The summed E-state index contributed by atoms with van der Waals surface area (Å²) in [7, 11) is 0. The zero-order valence-corrected chi connectivity index (χ0v) is 9.52. The molecule has 0 atom stereocenters. The molecular weight excluding hydrogens is 228 g/mol. The number of halogens is 1. The van der Waals surface area contributed by atoms with Gasteiger partial charge in [0, 0.05) is 17.5 Å². The van der Waals surface area contributed by atoms with Gasteiger partial charge in [-0.25, -0.2) is 4.99 Å². The van der Waals surface area contributed by atoms with E-state index in [9.17, 15) is 0 Å². The highest BCUT2D eigenvalue weighted by molar-refractivity contribution is 8.15. The van der Waals surface area contributed by atoms with E-state index in [0.29, 0.717) is 0 Å². The third-order valence-corrected chi connectivity index (χ3v) is 3.15. The van der Waals surface area contributed by atoms with E-state index in [2.05, 4.69) is 16.1 Å². The van der Waals surface area contributed by atoms with Gasteiger partial charge in [0.25, 0.3) is 0 Å². The molecule has 0 bridgehead atoms. The maximum absolute atomic E-state index is 4.59. The number of aliphatic imine (C=N–C) groups is 2. The zero-order chi connectivity index (χ0) is 9.38. The minimum atomic E-state index is 0. The van der Waals surface area contributed by atoms with E-state index >= 15 is 0 Å². The highest BCUT2D eigenvalue weighted by atomic mass is 35.5. The third-order valence-electron chi connectivity index (χ3n) is 2.22. The van der Waals surface area contributed by atoms with Crippen molar-refractivity contribution in [2.75, 3.05) is 5.75 Å². The Morgan fingerprint density at radius 1 is 1.13 bits per heavy atom. The molecule has 4 heteroatoms. The summed E-state index contributed by atoms with van der Waals surface area (Å²) < 4.78 is 0. The fourth-order valence-electron chi connectivity index (χ4n) is 1.50. The predicted octanol–water partition coefficient (Wildman–Crippen LogP) is 3.53. The molecule has 2 heterocycles. The van der Waals surface area contributed by atoms with Crippen LogP contribution >= 0.6 is 24.2 Å². The minimum absolute atomic E-state index is 0. The molecule has 0 N–H and O–H groups in total. The van der Waals surface area contributed by atoms with Crippen molar-refractivity contribution in [1.82, 2.24) is 0 Å². The van der Waals surface area contributed by atoms with Gasteiger partial charge in [-0.05, 0) is 12.1 Å². The van der Waals surface area contributed by atoms with Gasteiger partial charge in [-0.2, -0.15) is 0 Å². The van der Waals surface area contributed by atoms with E-state index in [0.717, 1.165) is 27.7 Å². The van der Waals surface area contributed by atoms with Crippen LogP contribution in [0.15, 0.2) is 45.9 Å². The normalized spacial score (nSPS) is 16.8. The lowest BCUT2D eigenvalue weighted by Gasteiger charge is -1.97. The van der Waals surface area contributed by atoms with Crippen LogP contribution < -0.4 is 0 Å². The quantitative estimate of drug-likeness (QED) is 0.676. The van der Waals surface area contributed by atoms with Crippen LogP contribution in [0.4, 0.5) is 11.4 Å². The van der Waals surface area contributed by atoms with Crippen molar-refractivity contribution in [3.05, 3.63) is 35.9 Å². The molecule has 0 aliphatic carbocycles.